The molecule has 1 aliphatic rings. The number of hydrogen-bond acceptors (Lipinski definition) is 3. The summed E-state index contributed by atoms with van der Waals surface area (Å²) in [7, 11) is -3.06. The van der Waals surface area contributed by atoms with Crippen LogP contribution in [0.5, 0.6) is 0 Å². The van der Waals surface area contributed by atoms with Crippen LogP contribution in [0.15, 0.2) is 24.3 Å². The fraction of sp³-hybridized carbons (Fsp3) is 0.500. The number of nitrogens with zero attached hydrogens (tertiary/aromatic N) is 1. The average molecular weight is 296 g/mol. The Bertz CT molecular complexity index is 573. The zero-order valence-corrected chi connectivity index (χ0v) is 12.4. The number of rotatable bonds is 4. The molecule has 2 rings (SSSR count). The minimum absolute atomic E-state index is 0.419. The summed E-state index contributed by atoms with van der Waals surface area (Å²) in [4.78, 5) is 11.0. The molecule has 0 unspecified atom stereocenters. The highest BCUT2D eigenvalue weighted by molar-refractivity contribution is 7.88. The van der Waals surface area contributed by atoms with Crippen molar-refractivity contribution in [2.45, 2.75) is 19.3 Å². The lowest BCUT2D eigenvalue weighted by molar-refractivity contribution is 0.100. The van der Waals surface area contributed by atoms with Crippen molar-refractivity contribution >= 4 is 15.9 Å². The molecule has 0 bridgehead atoms. The van der Waals surface area contributed by atoms with Crippen molar-refractivity contribution in [3.8, 4) is 0 Å². The number of piperidine rings is 1. The first kappa shape index (κ1) is 15.0. The molecule has 110 valence electrons. The molecule has 1 aromatic rings. The van der Waals surface area contributed by atoms with Crippen molar-refractivity contribution in [2.24, 2.45) is 11.7 Å². The second kappa shape index (κ2) is 5.93. The molecule has 20 heavy (non-hydrogen) atoms. The molecule has 0 aromatic heterocycles. The van der Waals surface area contributed by atoms with Gasteiger partial charge in [0.15, 0.2) is 0 Å². The molecule has 1 heterocycles. The van der Waals surface area contributed by atoms with Gasteiger partial charge in [0.2, 0.25) is 15.9 Å². The van der Waals surface area contributed by atoms with Crippen LogP contribution in [-0.4, -0.2) is 38.0 Å². The standard InChI is InChI=1S/C14H20N2O3S/c1-20(18,19)16-8-6-12(7-9-16)10-11-2-4-13(5-3-11)14(15)17/h2-5,12H,6-10H2,1H3,(H2,15,17). The van der Waals surface area contributed by atoms with Gasteiger partial charge in [0.05, 0.1) is 6.26 Å². The second-order valence-electron chi connectivity index (χ2n) is 5.37. The summed E-state index contributed by atoms with van der Waals surface area (Å²) in [6.07, 6.45) is 3.93. The van der Waals surface area contributed by atoms with E-state index in [-0.39, 0.29) is 0 Å². The van der Waals surface area contributed by atoms with Gasteiger partial charge in [-0.3, -0.25) is 4.79 Å². The molecule has 1 fully saturated rings. The van der Waals surface area contributed by atoms with E-state index >= 15 is 0 Å². The normalized spacial score (nSPS) is 18.1. The van der Waals surface area contributed by atoms with E-state index < -0.39 is 15.9 Å². The predicted octanol–water partition coefficient (Wildman–Crippen LogP) is 1.000. The van der Waals surface area contributed by atoms with E-state index in [0.717, 1.165) is 24.8 Å². The lowest BCUT2D eigenvalue weighted by atomic mass is 9.91. The first-order valence-electron chi connectivity index (χ1n) is 6.70. The minimum Gasteiger partial charge on any atom is -0.366 e. The van der Waals surface area contributed by atoms with Gasteiger partial charge in [0.1, 0.15) is 0 Å². The van der Waals surface area contributed by atoms with E-state index in [1.165, 1.54) is 6.26 Å². The molecule has 0 saturated carbocycles. The second-order valence-corrected chi connectivity index (χ2v) is 7.35. The number of sulfonamides is 1. The maximum atomic E-state index is 11.4. The zero-order chi connectivity index (χ0) is 14.8. The molecular weight excluding hydrogens is 276 g/mol. The fourth-order valence-corrected chi connectivity index (χ4v) is 3.46. The van der Waals surface area contributed by atoms with Crippen molar-refractivity contribution in [1.29, 1.82) is 0 Å². The van der Waals surface area contributed by atoms with Gasteiger partial charge in [-0.2, -0.15) is 0 Å². The largest absolute Gasteiger partial charge is 0.366 e. The number of carbonyl (C=O) groups excluding carboxylic acids is 1. The van der Waals surface area contributed by atoms with Gasteiger partial charge in [-0.15, -0.1) is 0 Å². The monoisotopic (exact) mass is 296 g/mol. The van der Waals surface area contributed by atoms with E-state index in [4.69, 9.17) is 5.73 Å². The molecule has 0 atom stereocenters. The molecule has 1 aliphatic heterocycles. The molecule has 0 aliphatic carbocycles. The van der Waals surface area contributed by atoms with Crippen molar-refractivity contribution < 1.29 is 13.2 Å². The Morgan fingerprint density at radius 2 is 1.80 bits per heavy atom. The van der Waals surface area contributed by atoms with Gasteiger partial charge in [-0.05, 0) is 42.9 Å². The highest BCUT2D eigenvalue weighted by Gasteiger charge is 2.24. The van der Waals surface area contributed by atoms with Gasteiger partial charge in [0.25, 0.3) is 0 Å². The Balaban J connectivity index is 1.91. The first-order valence-corrected chi connectivity index (χ1v) is 8.55. The summed E-state index contributed by atoms with van der Waals surface area (Å²) in [5, 5.41) is 0. The Labute approximate surface area is 119 Å². The Hall–Kier alpha value is -1.40. The number of hydrogen-bond donors (Lipinski definition) is 1. The average Bonchev–Trinajstić information content (AvgIpc) is 2.39. The molecule has 1 amide bonds. The van der Waals surface area contributed by atoms with Crippen LogP contribution in [0.25, 0.3) is 0 Å². The molecule has 0 radical (unpaired) electrons. The van der Waals surface area contributed by atoms with Gasteiger partial charge >= 0.3 is 0 Å². The first-order chi connectivity index (χ1) is 9.36. The highest BCUT2D eigenvalue weighted by atomic mass is 32.2. The number of primary amides is 1. The van der Waals surface area contributed by atoms with Crippen molar-refractivity contribution in [3.05, 3.63) is 35.4 Å². The van der Waals surface area contributed by atoms with Crippen LogP contribution in [-0.2, 0) is 16.4 Å². The van der Waals surface area contributed by atoms with Crippen LogP contribution in [0.3, 0.4) is 0 Å². The van der Waals surface area contributed by atoms with Crippen molar-refractivity contribution in [2.75, 3.05) is 19.3 Å². The van der Waals surface area contributed by atoms with Crippen molar-refractivity contribution in [3.63, 3.8) is 0 Å². The highest BCUT2D eigenvalue weighted by Crippen LogP contribution is 2.23. The minimum atomic E-state index is -3.06. The number of amides is 1. The van der Waals surface area contributed by atoms with Crippen LogP contribution >= 0.6 is 0 Å². The SMILES string of the molecule is CS(=O)(=O)N1CCC(Cc2ccc(C(N)=O)cc2)CC1. The summed E-state index contributed by atoms with van der Waals surface area (Å²) in [5.74, 6) is 0.0745. The number of carbonyl (C=O) groups is 1. The number of benzene rings is 1. The maximum Gasteiger partial charge on any atom is 0.248 e. The third kappa shape index (κ3) is 3.80. The van der Waals surface area contributed by atoms with Gasteiger partial charge in [-0.25, -0.2) is 12.7 Å². The van der Waals surface area contributed by atoms with E-state index in [1.54, 1.807) is 16.4 Å². The quantitative estimate of drug-likeness (QED) is 0.900. The maximum absolute atomic E-state index is 11.4. The molecule has 2 N–H and O–H groups in total. The third-order valence-corrected chi connectivity index (χ3v) is 5.11. The topological polar surface area (TPSA) is 80.5 Å². The van der Waals surface area contributed by atoms with Gasteiger partial charge in [-0.1, -0.05) is 12.1 Å². The van der Waals surface area contributed by atoms with Crippen LogP contribution in [0.1, 0.15) is 28.8 Å². The van der Waals surface area contributed by atoms with Crippen LogP contribution in [0.4, 0.5) is 0 Å². The summed E-state index contributed by atoms with van der Waals surface area (Å²) in [6.45, 7) is 1.20. The zero-order valence-electron chi connectivity index (χ0n) is 11.6. The van der Waals surface area contributed by atoms with Crippen LogP contribution < -0.4 is 5.73 Å². The Morgan fingerprint density at radius 3 is 2.25 bits per heavy atom. The lowest BCUT2D eigenvalue weighted by Crippen LogP contribution is -2.38. The van der Waals surface area contributed by atoms with E-state index in [2.05, 4.69) is 0 Å². The summed E-state index contributed by atoms with van der Waals surface area (Å²) >= 11 is 0. The molecule has 0 spiro atoms. The summed E-state index contributed by atoms with van der Waals surface area (Å²) < 4.78 is 24.4. The van der Waals surface area contributed by atoms with Crippen LogP contribution in [0.2, 0.25) is 0 Å². The van der Waals surface area contributed by atoms with Gasteiger partial charge < -0.3 is 5.73 Å². The Kier molecular flexibility index (Phi) is 4.45. The van der Waals surface area contributed by atoms with Crippen molar-refractivity contribution in [1.82, 2.24) is 4.31 Å². The van der Waals surface area contributed by atoms with E-state index in [9.17, 15) is 13.2 Å². The number of nitrogens with two attached hydrogens (primary N) is 1. The third-order valence-electron chi connectivity index (χ3n) is 3.81. The lowest BCUT2D eigenvalue weighted by Gasteiger charge is -2.30. The van der Waals surface area contributed by atoms with Gasteiger partial charge in [0, 0.05) is 18.7 Å². The molecule has 1 aromatic carbocycles. The predicted molar refractivity (Wildman–Crippen MR) is 77.8 cm³/mol. The summed E-state index contributed by atoms with van der Waals surface area (Å²) in [5.41, 5.74) is 6.88. The molecular formula is C14H20N2O3S. The Morgan fingerprint density at radius 1 is 1.25 bits per heavy atom. The smallest absolute Gasteiger partial charge is 0.248 e. The fourth-order valence-electron chi connectivity index (χ4n) is 2.58. The van der Waals surface area contributed by atoms with E-state index in [1.807, 2.05) is 12.1 Å². The van der Waals surface area contributed by atoms with Crippen LogP contribution in [0, 0.1) is 5.92 Å². The summed E-state index contributed by atoms with van der Waals surface area (Å²) in [6, 6.07) is 7.32. The molecule has 1 saturated heterocycles. The molecule has 5 nitrogen and oxygen atoms in total. The van der Waals surface area contributed by atoms with E-state index in [0.29, 0.717) is 24.6 Å². The molecule has 6 heteroatoms.